The third-order valence-electron chi connectivity index (χ3n) is 7.41. The minimum atomic E-state index is -1.69. The van der Waals surface area contributed by atoms with Gasteiger partial charge in [0, 0.05) is 37.9 Å². The van der Waals surface area contributed by atoms with Crippen molar-refractivity contribution in [2.45, 2.75) is 57.3 Å². The van der Waals surface area contributed by atoms with Gasteiger partial charge in [0.05, 0.1) is 0 Å². The van der Waals surface area contributed by atoms with Crippen LogP contribution in [0.15, 0.2) is 41.6 Å². The first-order chi connectivity index (χ1) is 22.1. The first-order valence-corrected chi connectivity index (χ1v) is 15.7. The number of likely N-dealkylation sites (N-methyl/N-ethyl adjacent to an activating group) is 1. The van der Waals surface area contributed by atoms with Gasteiger partial charge in [-0.25, -0.2) is 9.59 Å². The SMILES string of the molecule is CCN1CCN(C(=O)NC(C(=O)N[C@H]2C(=O)N3C(C(=O)OC(C)(C)C)=C(COC(C)=O)CSC23NC=O)c2ccccc2)C(=O)C1=O. The Balaban J connectivity index is 1.64. The summed E-state index contributed by atoms with van der Waals surface area (Å²) in [5, 5.41) is 7.62. The maximum absolute atomic E-state index is 13.9. The topological polar surface area (TPSA) is 201 Å². The minimum Gasteiger partial charge on any atom is -0.461 e. The Morgan fingerprint density at radius 3 is 2.36 bits per heavy atom. The highest BCUT2D eigenvalue weighted by Crippen LogP contribution is 2.48. The summed E-state index contributed by atoms with van der Waals surface area (Å²) in [6.07, 6.45) is 0.310. The number of piperazine rings is 1. The van der Waals surface area contributed by atoms with Crippen LogP contribution in [0.25, 0.3) is 0 Å². The van der Waals surface area contributed by atoms with Crippen LogP contribution in [0.1, 0.15) is 46.2 Å². The normalized spacial score (nSPS) is 21.7. The number of ether oxygens (including phenoxy) is 2. The van der Waals surface area contributed by atoms with Crippen LogP contribution in [0.5, 0.6) is 0 Å². The number of nitrogens with one attached hydrogen (secondary N) is 3. The molecule has 1 aromatic rings. The second kappa shape index (κ2) is 13.8. The molecule has 252 valence electrons. The molecule has 47 heavy (non-hydrogen) atoms. The molecule has 4 rings (SSSR count). The van der Waals surface area contributed by atoms with Crippen molar-refractivity contribution in [2.75, 3.05) is 32.0 Å². The molecule has 0 aromatic heterocycles. The van der Waals surface area contributed by atoms with E-state index in [0.29, 0.717) is 16.9 Å². The molecule has 2 saturated heterocycles. The summed E-state index contributed by atoms with van der Waals surface area (Å²) in [5.41, 5.74) is -0.677. The molecule has 16 nitrogen and oxygen atoms in total. The number of carbonyl (C=O) groups excluding carboxylic acids is 8. The summed E-state index contributed by atoms with van der Waals surface area (Å²) < 4.78 is 10.6. The summed E-state index contributed by atoms with van der Waals surface area (Å²) in [5.74, 6) is -5.12. The lowest BCUT2D eigenvalue weighted by Gasteiger charge is -2.58. The van der Waals surface area contributed by atoms with Crippen molar-refractivity contribution in [1.29, 1.82) is 0 Å². The van der Waals surface area contributed by atoms with Crippen LogP contribution in [0.3, 0.4) is 0 Å². The van der Waals surface area contributed by atoms with E-state index in [0.717, 1.165) is 16.7 Å². The summed E-state index contributed by atoms with van der Waals surface area (Å²) in [4.78, 5) is 104. The van der Waals surface area contributed by atoms with Gasteiger partial charge in [0.2, 0.25) is 12.3 Å². The van der Waals surface area contributed by atoms with Crippen molar-refractivity contribution >= 4 is 59.8 Å². The molecule has 0 radical (unpaired) electrons. The summed E-state index contributed by atoms with van der Waals surface area (Å²) in [6, 6.07) is 4.12. The molecule has 0 aliphatic carbocycles. The monoisotopic (exact) mass is 672 g/mol. The fraction of sp³-hybridized carbons (Fsp3) is 0.467. The summed E-state index contributed by atoms with van der Waals surface area (Å²) >= 11 is 0.993. The molecule has 7 amide bonds. The van der Waals surface area contributed by atoms with Gasteiger partial charge in [0.1, 0.15) is 23.9 Å². The van der Waals surface area contributed by atoms with E-state index in [9.17, 15) is 38.4 Å². The number of benzene rings is 1. The Morgan fingerprint density at radius 2 is 1.77 bits per heavy atom. The van der Waals surface area contributed by atoms with E-state index in [4.69, 9.17) is 9.47 Å². The number of imide groups is 1. The maximum Gasteiger partial charge on any atom is 0.355 e. The van der Waals surface area contributed by atoms with E-state index in [2.05, 4.69) is 16.0 Å². The third kappa shape index (κ3) is 7.08. The third-order valence-corrected chi connectivity index (χ3v) is 8.88. The molecular formula is C30H36N6O10S. The number of hydrogen-bond donors (Lipinski definition) is 3. The fourth-order valence-corrected chi connectivity index (χ4v) is 6.59. The smallest absolute Gasteiger partial charge is 0.355 e. The lowest BCUT2D eigenvalue weighted by molar-refractivity contribution is -0.166. The highest BCUT2D eigenvalue weighted by atomic mass is 32.2. The van der Waals surface area contributed by atoms with E-state index in [1.807, 2.05) is 0 Å². The van der Waals surface area contributed by atoms with Crippen molar-refractivity contribution in [3.63, 3.8) is 0 Å². The Bertz CT molecular complexity index is 1530. The molecule has 3 aliphatic heterocycles. The number of carbonyl (C=O) groups is 8. The Hall–Kier alpha value is -4.93. The van der Waals surface area contributed by atoms with Gasteiger partial charge in [-0.2, -0.15) is 0 Å². The van der Waals surface area contributed by atoms with Gasteiger partial charge in [-0.1, -0.05) is 30.3 Å². The number of nitrogens with zero attached hydrogens (tertiary/aromatic N) is 3. The van der Waals surface area contributed by atoms with Crippen LogP contribution >= 0.6 is 11.8 Å². The van der Waals surface area contributed by atoms with E-state index in [-0.39, 0.29) is 43.3 Å². The molecular weight excluding hydrogens is 636 g/mol. The second-order valence-electron chi connectivity index (χ2n) is 11.7. The zero-order valence-electron chi connectivity index (χ0n) is 26.5. The van der Waals surface area contributed by atoms with Crippen LogP contribution in [0, 0.1) is 0 Å². The minimum absolute atomic E-state index is 0.00241. The number of fused-ring (bicyclic) bond motifs is 1. The quantitative estimate of drug-likeness (QED) is 0.128. The number of β-lactam (4-membered cyclic amide) rings is 1. The number of amides is 7. The zero-order chi connectivity index (χ0) is 34.7. The molecule has 2 fully saturated rings. The number of esters is 2. The zero-order valence-corrected chi connectivity index (χ0v) is 27.3. The van der Waals surface area contributed by atoms with Gasteiger partial charge in [-0.3, -0.25) is 38.6 Å². The maximum atomic E-state index is 13.9. The number of thioether (sulfide) groups is 1. The van der Waals surface area contributed by atoms with Crippen LogP contribution in [-0.4, -0.2) is 111 Å². The van der Waals surface area contributed by atoms with Crippen molar-refractivity contribution in [2.24, 2.45) is 0 Å². The number of urea groups is 1. The molecule has 3 heterocycles. The van der Waals surface area contributed by atoms with Crippen LogP contribution in [0.4, 0.5) is 4.79 Å². The van der Waals surface area contributed by atoms with E-state index >= 15 is 0 Å². The molecule has 1 aromatic carbocycles. The lowest BCUT2D eigenvalue weighted by Crippen LogP contribution is -2.83. The highest BCUT2D eigenvalue weighted by Gasteiger charge is 2.66. The van der Waals surface area contributed by atoms with Gasteiger partial charge in [0.25, 0.3) is 5.91 Å². The fourth-order valence-electron chi connectivity index (χ4n) is 5.21. The molecule has 0 bridgehead atoms. The number of rotatable bonds is 10. The molecule has 3 atom stereocenters. The van der Waals surface area contributed by atoms with E-state index < -0.39 is 64.3 Å². The average molecular weight is 673 g/mol. The van der Waals surface area contributed by atoms with Gasteiger partial charge in [0.15, 0.2) is 11.0 Å². The van der Waals surface area contributed by atoms with Gasteiger partial charge in [-0.15, -0.1) is 11.8 Å². The Morgan fingerprint density at radius 1 is 1.09 bits per heavy atom. The Kier molecular flexibility index (Phi) is 10.3. The van der Waals surface area contributed by atoms with E-state index in [1.165, 1.54) is 11.8 Å². The van der Waals surface area contributed by atoms with Crippen LogP contribution in [-0.2, 0) is 43.0 Å². The second-order valence-corrected chi connectivity index (χ2v) is 12.9. The average Bonchev–Trinajstić information content (AvgIpc) is 3.02. The summed E-state index contributed by atoms with van der Waals surface area (Å²) in [7, 11) is 0. The van der Waals surface area contributed by atoms with Crippen molar-refractivity contribution < 1.29 is 47.8 Å². The van der Waals surface area contributed by atoms with Gasteiger partial charge >= 0.3 is 29.8 Å². The molecule has 0 saturated carbocycles. The predicted octanol–water partition coefficient (Wildman–Crippen LogP) is -0.239. The molecule has 2 unspecified atom stereocenters. The molecule has 0 spiro atoms. The largest absolute Gasteiger partial charge is 0.461 e. The first-order valence-electron chi connectivity index (χ1n) is 14.7. The van der Waals surface area contributed by atoms with Crippen molar-refractivity contribution in [1.82, 2.24) is 30.7 Å². The predicted molar refractivity (Wildman–Crippen MR) is 164 cm³/mol. The first kappa shape index (κ1) is 34.9. The lowest BCUT2D eigenvalue weighted by atomic mass is 9.96. The van der Waals surface area contributed by atoms with Crippen LogP contribution < -0.4 is 16.0 Å². The molecule has 3 aliphatic rings. The van der Waals surface area contributed by atoms with Crippen molar-refractivity contribution in [3.05, 3.63) is 47.2 Å². The van der Waals surface area contributed by atoms with E-state index in [1.54, 1.807) is 58.0 Å². The molecule has 3 N–H and O–H groups in total. The molecule has 17 heteroatoms. The van der Waals surface area contributed by atoms with Crippen molar-refractivity contribution in [3.8, 4) is 0 Å². The number of hydrogen-bond acceptors (Lipinski definition) is 11. The van der Waals surface area contributed by atoms with Crippen LogP contribution in [0.2, 0.25) is 0 Å². The standard InChI is InChI=1S/C30H36N6O10S/c1-6-34-12-13-35(26(42)25(34)41)28(44)32-20(18-10-8-7-9-11-18)23(39)33-22-24(40)36-21(27(43)46-29(3,4)5)19(14-45-17(2)38)15-47-30(22,36)31-16-37/h7-11,16,20,22H,6,12-15H2,1-5H3,(H,31,37)(H,32,44)(H,33,39)/t20?,22-,30?/m0/s1. The van der Waals surface area contributed by atoms with Gasteiger partial charge in [-0.05, 0) is 33.3 Å². The highest BCUT2D eigenvalue weighted by molar-refractivity contribution is 8.01. The summed E-state index contributed by atoms with van der Waals surface area (Å²) in [6.45, 7) is 7.73. The Labute approximate surface area is 274 Å². The van der Waals surface area contributed by atoms with Gasteiger partial charge < -0.3 is 30.3 Å².